The molecule has 2 atom stereocenters. The summed E-state index contributed by atoms with van der Waals surface area (Å²) in [5.74, 6) is -0.0475. The summed E-state index contributed by atoms with van der Waals surface area (Å²) in [6.07, 6.45) is 26.8. The summed E-state index contributed by atoms with van der Waals surface area (Å²) >= 11 is 0. The third kappa shape index (κ3) is 21.0. The van der Waals surface area contributed by atoms with E-state index in [2.05, 4.69) is 31.3 Å². The molecule has 0 aromatic carbocycles. The highest BCUT2D eigenvalue weighted by Crippen LogP contribution is 2.13. The summed E-state index contributed by atoms with van der Waals surface area (Å²) in [6.45, 7) is 4.25. The lowest BCUT2D eigenvalue weighted by Crippen LogP contribution is -2.45. The Bertz CT molecular complexity index is 425. The molecule has 0 fully saturated rings. The molecule has 1 amide bonds. The zero-order valence-corrected chi connectivity index (χ0v) is 21.5. The van der Waals surface area contributed by atoms with Crippen molar-refractivity contribution in [2.45, 2.75) is 154 Å². The van der Waals surface area contributed by atoms with Crippen LogP contribution in [0, 0.1) is 0 Å². The van der Waals surface area contributed by atoms with Crippen LogP contribution < -0.4 is 5.32 Å². The first-order valence-corrected chi connectivity index (χ1v) is 13.9. The van der Waals surface area contributed by atoms with Crippen LogP contribution in [0.4, 0.5) is 0 Å². The molecule has 3 N–H and O–H groups in total. The highest BCUT2D eigenvalue weighted by atomic mass is 16.3. The molecule has 4 nitrogen and oxygen atoms in total. The van der Waals surface area contributed by atoms with Crippen LogP contribution in [0.15, 0.2) is 12.2 Å². The van der Waals surface area contributed by atoms with Crippen molar-refractivity contribution in [3.05, 3.63) is 12.2 Å². The Morgan fingerprint density at radius 1 is 0.719 bits per heavy atom. The number of hydrogen-bond donors (Lipinski definition) is 3. The molecule has 0 saturated heterocycles. The second kappa shape index (κ2) is 24.8. The van der Waals surface area contributed by atoms with Crippen molar-refractivity contribution in [3.8, 4) is 0 Å². The molecular formula is C28H55NO3. The van der Waals surface area contributed by atoms with E-state index in [9.17, 15) is 15.0 Å². The average molecular weight is 454 g/mol. The van der Waals surface area contributed by atoms with Crippen molar-refractivity contribution in [1.29, 1.82) is 0 Å². The van der Waals surface area contributed by atoms with Crippen molar-refractivity contribution in [3.63, 3.8) is 0 Å². The van der Waals surface area contributed by atoms with Crippen LogP contribution in [0.25, 0.3) is 0 Å². The number of unbranched alkanes of at least 4 members (excludes halogenated alkanes) is 15. The van der Waals surface area contributed by atoms with Crippen molar-refractivity contribution in [1.82, 2.24) is 5.32 Å². The lowest BCUT2D eigenvalue weighted by molar-refractivity contribution is -0.123. The maximum Gasteiger partial charge on any atom is 0.220 e. The second-order valence-electron chi connectivity index (χ2n) is 9.46. The van der Waals surface area contributed by atoms with E-state index in [0.29, 0.717) is 12.8 Å². The number of amides is 1. The molecule has 0 aliphatic carbocycles. The van der Waals surface area contributed by atoms with E-state index >= 15 is 0 Å². The Kier molecular flexibility index (Phi) is 24.1. The fraction of sp³-hybridized carbons (Fsp3) is 0.893. The Morgan fingerprint density at radius 3 is 1.84 bits per heavy atom. The summed E-state index contributed by atoms with van der Waals surface area (Å²) in [4.78, 5) is 12.2. The maximum atomic E-state index is 12.2. The van der Waals surface area contributed by atoms with Gasteiger partial charge in [0.1, 0.15) is 0 Å². The van der Waals surface area contributed by atoms with E-state index in [1.807, 2.05) is 0 Å². The van der Waals surface area contributed by atoms with Gasteiger partial charge in [-0.3, -0.25) is 4.79 Å². The molecule has 0 rings (SSSR count). The number of carbonyl (C=O) groups excluding carboxylic acids is 1. The normalized spacial score (nSPS) is 13.5. The predicted octanol–water partition coefficient (Wildman–Crippen LogP) is 7.22. The van der Waals surface area contributed by atoms with Crippen molar-refractivity contribution < 1.29 is 15.0 Å². The minimum atomic E-state index is -0.654. The van der Waals surface area contributed by atoms with E-state index in [1.165, 1.54) is 83.5 Å². The Morgan fingerprint density at radius 2 is 1.25 bits per heavy atom. The lowest BCUT2D eigenvalue weighted by atomic mass is 10.0. The molecule has 0 aliphatic heterocycles. The Hall–Kier alpha value is -0.870. The molecule has 0 aliphatic rings. The van der Waals surface area contributed by atoms with Gasteiger partial charge in [0, 0.05) is 6.42 Å². The smallest absolute Gasteiger partial charge is 0.220 e. The highest BCUT2D eigenvalue weighted by molar-refractivity contribution is 5.76. The van der Waals surface area contributed by atoms with Gasteiger partial charge in [-0.05, 0) is 32.1 Å². The van der Waals surface area contributed by atoms with Gasteiger partial charge in [0.15, 0.2) is 0 Å². The largest absolute Gasteiger partial charge is 0.394 e. The number of aliphatic hydroxyl groups excluding tert-OH is 2. The second-order valence-corrected chi connectivity index (χ2v) is 9.46. The number of nitrogens with one attached hydrogen (secondary N) is 1. The standard InChI is InChI=1S/C28H55NO3/c1-3-5-7-9-11-13-15-17-19-21-23-27(31)26(25-30)29-28(32)24-22-20-18-16-14-12-10-8-6-4-2/h8,10,26-27,30-31H,3-7,9,11-25H2,1-2H3,(H,29,32)/b10-8-. The molecule has 0 saturated carbocycles. The molecule has 32 heavy (non-hydrogen) atoms. The Labute approximate surface area is 199 Å². The van der Waals surface area contributed by atoms with Crippen molar-refractivity contribution in [2.75, 3.05) is 6.61 Å². The van der Waals surface area contributed by atoms with Gasteiger partial charge in [-0.15, -0.1) is 0 Å². The summed E-state index contributed by atoms with van der Waals surface area (Å²) in [5.41, 5.74) is 0. The summed E-state index contributed by atoms with van der Waals surface area (Å²) < 4.78 is 0. The molecule has 0 bridgehead atoms. The molecule has 190 valence electrons. The quantitative estimate of drug-likeness (QED) is 0.107. The zero-order chi connectivity index (χ0) is 23.7. The van der Waals surface area contributed by atoms with E-state index in [0.717, 1.165) is 32.1 Å². The first-order valence-electron chi connectivity index (χ1n) is 13.9. The van der Waals surface area contributed by atoms with Crippen molar-refractivity contribution in [2.24, 2.45) is 0 Å². The number of allylic oxidation sites excluding steroid dienone is 2. The van der Waals surface area contributed by atoms with Gasteiger partial charge in [0.2, 0.25) is 5.91 Å². The summed E-state index contributed by atoms with van der Waals surface area (Å²) in [6, 6.07) is -0.532. The molecule has 0 spiro atoms. The fourth-order valence-corrected chi connectivity index (χ4v) is 4.07. The number of hydrogen-bond acceptors (Lipinski definition) is 3. The Balaban J connectivity index is 3.66. The van der Waals surface area contributed by atoms with Gasteiger partial charge in [-0.1, -0.05) is 116 Å². The van der Waals surface area contributed by atoms with Crippen LogP contribution >= 0.6 is 0 Å². The van der Waals surface area contributed by atoms with Crippen LogP contribution in [-0.4, -0.2) is 34.9 Å². The molecule has 0 aromatic heterocycles. The third-order valence-electron chi connectivity index (χ3n) is 6.26. The first-order chi connectivity index (χ1) is 15.7. The van der Waals surface area contributed by atoms with Crippen LogP contribution in [0.5, 0.6) is 0 Å². The van der Waals surface area contributed by atoms with Crippen LogP contribution in [0.3, 0.4) is 0 Å². The molecule has 2 unspecified atom stereocenters. The van der Waals surface area contributed by atoms with Gasteiger partial charge in [0.05, 0.1) is 18.8 Å². The molecule has 0 heterocycles. The maximum absolute atomic E-state index is 12.2. The van der Waals surface area contributed by atoms with Crippen LogP contribution in [0.1, 0.15) is 142 Å². The van der Waals surface area contributed by atoms with E-state index in [-0.39, 0.29) is 12.5 Å². The SMILES string of the molecule is CCC/C=C\CCCCCCCC(=O)NC(CO)C(O)CCCCCCCCCCCC. The number of aliphatic hydroxyl groups is 2. The van der Waals surface area contributed by atoms with Gasteiger partial charge in [0.25, 0.3) is 0 Å². The fourth-order valence-electron chi connectivity index (χ4n) is 4.07. The predicted molar refractivity (Wildman–Crippen MR) is 138 cm³/mol. The molecule has 0 radical (unpaired) electrons. The monoisotopic (exact) mass is 453 g/mol. The van der Waals surface area contributed by atoms with Crippen molar-refractivity contribution >= 4 is 5.91 Å². The molecule has 0 aromatic rings. The van der Waals surface area contributed by atoms with E-state index < -0.39 is 12.1 Å². The summed E-state index contributed by atoms with van der Waals surface area (Å²) in [7, 11) is 0. The van der Waals surface area contributed by atoms with E-state index in [1.54, 1.807) is 0 Å². The van der Waals surface area contributed by atoms with Gasteiger partial charge in [-0.25, -0.2) is 0 Å². The van der Waals surface area contributed by atoms with Crippen LogP contribution in [-0.2, 0) is 4.79 Å². The number of rotatable bonds is 24. The minimum Gasteiger partial charge on any atom is -0.394 e. The van der Waals surface area contributed by atoms with Gasteiger partial charge in [-0.2, -0.15) is 0 Å². The number of carbonyl (C=O) groups is 1. The third-order valence-corrected chi connectivity index (χ3v) is 6.26. The highest BCUT2D eigenvalue weighted by Gasteiger charge is 2.19. The molecule has 4 heteroatoms. The molecular weight excluding hydrogens is 398 g/mol. The minimum absolute atomic E-state index is 0.0475. The van der Waals surface area contributed by atoms with Gasteiger partial charge >= 0.3 is 0 Å². The van der Waals surface area contributed by atoms with Gasteiger partial charge < -0.3 is 15.5 Å². The van der Waals surface area contributed by atoms with E-state index in [4.69, 9.17) is 0 Å². The zero-order valence-electron chi connectivity index (χ0n) is 21.5. The average Bonchev–Trinajstić information content (AvgIpc) is 2.79. The summed E-state index contributed by atoms with van der Waals surface area (Å²) in [5, 5.41) is 22.8. The topological polar surface area (TPSA) is 69.6 Å². The lowest BCUT2D eigenvalue weighted by Gasteiger charge is -2.22. The first kappa shape index (κ1) is 31.1. The van der Waals surface area contributed by atoms with Crippen LogP contribution in [0.2, 0.25) is 0 Å².